The van der Waals surface area contributed by atoms with E-state index in [1.54, 1.807) is 19.1 Å². The van der Waals surface area contributed by atoms with E-state index in [1.807, 2.05) is 74.5 Å². The zero-order valence-corrected chi connectivity index (χ0v) is 20.7. The molecule has 0 aliphatic carbocycles. The van der Waals surface area contributed by atoms with Crippen molar-refractivity contribution < 1.29 is 23.8 Å². The molecule has 4 rings (SSSR count). The second-order valence-electron chi connectivity index (χ2n) is 8.26. The zero-order chi connectivity index (χ0) is 25.5. The Morgan fingerprint density at radius 1 is 0.889 bits per heavy atom. The summed E-state index contributed by atoms with van der Waals surface area (Å²) in [5.41, 5.74) is 4.34. The Hall–Kier alpha value is -4.26. The van der Waals surface area contributed by atoms with E-state index in [0.29, 0.717) is 47.1 Å². The van der Waals surface area contributed by atoms with Crippen LogP contribution in [0.25, 0.3) is 5.70 Å². The van der Waals surface area contributed by atoms with Crippen molar-refractivity contribution in [2.75, 3.05) is 13.2 Å². The highest BCUT2D eigenvalue weighted by Crippen LogP contribution is 2.37. The second-order valence-corrected chi connectivity index (χ2v) is 8.26. The third-order valence-electron chi connectivity index (χ3n) is 5.88. The molecule has 0 bridgehead atoms. The summed E-state index contributed by atoms with van der Waals surface area (Å²) in [4.78, 5) is 25.8. The fraction of sp³-hybridized carbons (Fsp3) is 0.241. The summed E-state index contributed by atoms with van der Waals surface area (Å²) in [5, 5.41) is 5.66. The lowest BCUT2D eigenvalue weighted by Gasteiger charge is -2.30. The first-order valence-corrected chi connectivity index (χ1v) is 12.0. The Morgan fingerprint density at radius 2 is 1.64 bits per heavy atom. The number of benzene rings is 3. The van der Waals surface area contributed by atoms with Crippen LogP contribution in [0, 0.1) is 6.92 Å². The number of esters is 1. The van der Waals surface area contributed by atoms with Gasteiger partial charge in [0.05, 0.1) is 30.5 Å². The molecule has 0 saturated heterocycles. The summed E-state index contributed by atoms with van der Waals surface area (Å²) in [6.07, 6.45) is 0. The van der Waals surface area contributed by atoms with Crippen LogP contribution in [0.2, 0.25) is 0 Å². The number of amides is 2. The summed E-state index contributed by atoms with van der Waals surface area (Å²) >= 11 is 0. The van der Waals surface area contributed by atoms with Crippen molar-refractivity contribution in [3.05, 3.63) is 101 Å². The Balaban J connectivity index is 1.73. The number of nitrogens with one attached hydrogen (secondary N) is 2. The van der Waals surface area contributed by atoms with Gasteiger partial charge >= 0.3 is 12.0 Å². The lowest BCUT2D eigenvalue weighted by atomic mass is 9.92. The molecule has 1 aliphatic heterocycles. The van der Waals surface area contributed by atoms with Crippen molar-refractivity contribution in [1.29, 1.82) is 0 Å². The van der Waals surface area contributed by atoms with Crippen molar-refractivity contribution in [2.45, 2.75) is 33.4 Å². The van der Waals surface area contributed by atoms with E-state index in [-0.39, 0.29) is 6.61 Å². The van der Waals surface area contributed by atoms with Gasteiger partial charge in [0.15, 0.2) is 11.5 Å². The van der Waals surface area contributed by atoms with E-state index in [4.69, 9.17) is 14.2 Å². The third kappa shape index (κ3) is 5.51. The van der Waals surface area contributed by atoms with E-state index < -0.39 is 18.0 Å². The molecule has 1 heterocycles. The predicted molar refractivity (Wildman–Crippen MR) is 138 cm³/mol. The van der Waals surface area contributed by atoms with Crippen LogP contribution in [0.5, 0.6) is 11.5 Å². The molecule has 0 fully saturated rings. The normalized spacial score (nSPS) is 15.1. The minimum absolute atomic E-state index is 0.209. The topological polar surface area (TPSA) is 85.9 Å². The molecule has 0 spiro atoms. The maximum absolute atomic E-state index is 13.1. The molecule has 2 N–H and O–H groups in total. The first-order chi connectivity index (χ1) is 17.5. The van der Waals surface area contributed by atoms with Gasteiger partial charge in [0, 0.05) is 0 Å². The highest BCUT2D eigenvalue weighted by molar-refractivity contribution is 6.04. The lowest BCUT2D eigenvalue weighted by molar-refractivity contribution is -0.138. The van der Waals surface area contributed by atoms with E-state index in [2.05, 4.69) is 10.6 Å². The molecular weight excluding hydrogens is 456 g/mol. The molecule has 0 saturated carbocycles. The predicted octanol–water partition coefficient (Wildman–Crippen LogP) is 5.30. The number of aryl methyl sites for hydroxylation is 1. The van der Waals surface area contributed by atoms with Gasteiger partial charge in [0.1, 0.15) is 6.61 Å². The minimum Gasteiger partial charge on any atom is -0.490 e. The Kier molecular flexibility index (Phi) is 7.90. The van der Waals surface area contributed by atoms with E-state index in [9.17, 15) is 9.59 Å². The molecule has 3 aromatic rings. The zero-order valence-electron chi connectivity index (χ0n) is 20.7. The fourth-order valence-corrected chi connectivity index (χ4v) is 4.10. The number of hydrogen-bond acceptors (Lipinski definition) is 5. The summed E-state index contributed by atoms with van der Waals surface area (Å²) in [6.45, 7) is 6.71. The molecule has 0 aromatic heterocycles. The van der Waals surface area contributed by atoms with E-state index in [1.165, 1.54) is 0 Å². The average molecular weight is 487 g/mol. The lowest BCUT2D eigenvalue weighted by Crippen LogP contribution is -2.45. The highest BCUT2D eigenvalue weighted by atomic mass is 16.5. The highest BCUT2D eigenvalue weighted by Gasteiger charge is 2.34. The van der Waals surface area contributed by atoms with Gasteiger partial charge in [-0.05, 0) is 55.2 Å². The van der Waals surface area contributed by atoms with Crippen molar-refractivity contribution in [2.24, 2.45) is 0 Å². The van der Waals surface area contributed by atoms with Gasteiger partial charge in [0.25, 0.3) is 0 Å². The van der Waals surface area contributed by atoms with Crippen LogP contribution in [0.4, 0.5) is 4.79 Å². The van der Waals surface area contributed by atoms with Gasteiger partial charge in [-0.3, -0.25) is 0 Å². The molecule has 1 unspecified atom stereocenters. The van der Waals surface area contributed by atoms with Crippen LogP contribution in [-0.4, -0.2) is 25.2 Å². The minimum atomic E-state index is -0.738. The maximum Gasteiger partial charge on any atom is 0.338 e. The van der Waals surface area contributed by atoms with Gasteiger partial charge in [-0.2, -0.15) is 0 Å². The smallest absolute Gasteiger partial charge is 0.338 e. The van der Waals surface area contributed by atoms with Crippen LogP contribution in [0.1, 0.15) is 42.1 Å². The van der Waals surface area contributed by atoms with Crippen LogP contribution < -0.4 is 20.1 Å². The third-order valence-corrected chi connectivity index (χ3v) is 5.88. The number of carbonyl (C=O) groups excluding carboxylic acids is 2. The van der Waals surface area contributed by atoms with Gasteiger partial charge in [-0.25, -0.2) is 9.59 Å². The average Bonchev–Trinajstić information content (AvgIpc) is 2.89. The summed E-state index contributed by atoms with van der Waals surface area (Å²) in [5.74, 6) is 0.599. The number of urea groups is 1. The number of rotatable bonds is 9. The van der Waals surface area contributed by atoms with Crippen LogP contribution >= 0.6 is 0 Å². The fourth-order valence-electron chi connectivity index (χ4n) is 4.10. The number of ether oxygens (including phenoxy) is 3. The van der Waals surface area contributed by atoms with Gasteiger partial charge in [0.2, 0.25) is 0 Å². The van der Waals surface area contributed by atoms with Crippen molar-refractivity contribution in [1.82, 2.24) is 10.6 Å². The summed E-state index contributed by atoms with van der Waals surface area (Å²) in [6, 6.07) is 21.6. The molecule has 1 aliphatic rings. The Morgan fingerprint density at radius 3 is 2.36 bits per heavy atom. The standard InChI is InChI=1S/C29H30N2O5/c1-4-34-24-17-21(15-16-23(24)36-18-22-14-10-9-11-19(22)3)27-25(28(32)35-5-2)26(30-29(33)31-27)20-12-7-6-8-13-20/h6-17,27H,4-5,18H2,1-3H3,(H2,30,31,33). The Bertz CT molecular complexity index is 1270. The largest absolute Gasteiger partial charge is 0.490 e. The molecule has 186 valence electrons. The summed E-state index contributed by atoms with van der Waals surface area (Å²) in [7, 11) is 0. The Labute approximate surface area is 211 Å². The first-order valence-electron chi connectivity index (χ1n) is 12.0. The molecule has 0 radical (unpaired) electrons. The van der Waals surface area contributed by atoms with E-state index >= 15 is 0 Å². The van der Waals surface area contributed by atoms with Gasteiger partial charge in [-0.15, -0.1) is 0 Å². The monoisotopic (exact) mass is 486 g/mol. The molecule has 3 aromatic carbocycles. The quantitative estimate of drug-likeness (QED) is 0.401. The van der Waals surface area contributed by atoms with Gasteiger partial charge < -0.3 is 24.8 Å². The molecule has 2 amide bonds. The van der Waals surface area contributed by atoms with E-state index in [0.717, 1.165) is 11.1 Å². The summed E-state index contributed by atoms with van der Waals surface area (Å²) < 4.78 is 17.4. The van der Waals surface area contributed by atoms with Gasteiger partial charge in [-0.1, -0.05) is 60.7 Å². The second kappa shape index (κ2) is 11.4. The molecule has 1 atom stereocenters. The molecule has 36 heavy (non-hydrogen) atoms. The molecule has 7 heteroatoms. The van der Waals surface area contributed by atoms with Crippen molar-refractivity contribution in [3.8, 4) is 11.5 Å². The van der Waals surface area contributed by atoms with Crippen molar-refractivity contribution >= 4 is 17.7 Å². The molecular formula is C29H30N2O5. The first kappa shape index (κ1) is 24.9. The maximum atomic E-state index is 13.1. The van der Waals surface area contributed by atoms with Crippen molar-refractivity contribution in [3.63, 3.8) is 0 Å². The number of hydrogen-bond donors (Lipinski definition) is 2. The number of carbonyl (C=O) groups is 2. The molecule has 7 nitrogen and oxygen atoms in total. The SMILES string of the molecule is CCOC(=O)C1=C(c2ccccc2)NC(=O)NC1c1ccc(OCc2ccccc2C)c(OCC)c1. The van der Waals surface area contributed by atoms with Crippen LogP contribution in [0.15, 0.2) is 78.4 Å². The van der Waals surface area contributed by atoms with Crippen LogP contribution in [-0.2, 0) is 16.1 Å². The van der Waals surface area contributed by atoms with Crippen LogP contribution in [0.3, 0.4) is 0 Å².